The molecule has 0 saturated heterocycles. The van der Waals surface area contributed by atoms with Gasteiger partial charge in [-0.2, -0.15) is 4.31 Å². The van der Waals surface area contributed by atoms with Gasteiger partial charge in [0.15, 0.2) is 0 Å². The lowest BCUT2D eigenvalue weighted by atomic mass is 10.1. The minimum Gasteiger partial charge on any atom is -0.460 e. The van der Waals surface area contributed by atoms with Crippen LogP contribution in [0.1, 0.15) is 47.0 Å². The molecule has 0 atom stereocenters. The maximum absolute atomic E-state index is 12.8. The number of carbonyl (C=O) groups excluding carboxylic acids is 1. The molecule has 5 nitrogen and oxygen atoms in total. The molecule has 146 valence electrons. The van der Waals surface area contributed by atoms with Crippen molar-refractivity contribution in [1.29, 1.82) is 0 Å². The molecule has 0 aliphatic rings. The normalized spacial score (nSPS) is 12.2. The van der Waals surface area contributed by atoms with Gasteiger partial charge in [-0.05, 0) is 57.9 Å². The van der Waals surface area contributed by atoms with E-state index in [0.717, 1.165) is 4.47 Å². The third-order valence-corrected chi connectivity index (χ3v) is 5.90. The molecule has 0 radical (unpaired) electrons. The Hall–Kier alpha value is -1.18. The standard InChI is InChI=1S/C19H28BrNO4S/c1-6-12-21(26(23,24)17-9-7-16(20)8-10-17)13-11-15(2)14-18(22)25-19(3,4)5/h7-10H,2,6,11-14H2,1,3-5H3. The minimum atomic E-state index is -3.58. The van der Waals surface area contributed by atoms with Crippen LogP contribution in [0.3, 0.4) is 0 Å². The Bertz CT molecular complexity index is 721. The maximum atomic E-state index is 12.8. The number of halogens is 1. The van der Waals surface area contributed by atoms with Crippen molar-refractivity contribution in [3.63, 3.8) is 0 Å². The summed E-state index contributed by atoms with van der Waals surface area (Å²) in [7, 11) is -3.58. The monoisotopic (exact) mass is 445 g/mol. The van der Waals surface area contributed by atoms with Crippen molar-refractivity contribution in [2.75, 3.05) is 13.1 Å². The van der Waals surface area contributed by atoms with Gasteiger partial charge in [0.2, 0.25) is 10.0 Å². The smallest absolute Gasteiger partial charge is 0.310 e. The predicted molar refractivity (Wildman–Crippen MR) is 107 cm³/mol. The number of carbonyl (C=O) groups is 1. The molecule has 0 aliphatic carbocycles. The van der Waals surface area contributed by atoms with Crippen LogP contribution in [-0.2, 0) is 19.6 Å². The van der Waals surface area contributed by atoms with Crippen molar-refractivity contribution in [3.8, 4) is 0 Å². The Balaban J connectivity index is 2.74. The summed E-state index contributed by atoms with van der Waals surface area (Å²) in [5.41, 5.74) is 0.114. The van der Waals surface area contributed by atoms with Crippen LogP contribution in [0.4, 0.5) is 0 Å². The highest BCUT2D eigenvalue weighted by molar-refractivity contribution is 9.10. The van der Waals surface area contributed by atoms with E-state index in [1.165, 1.54) is 4.31 Å². The van der Waals surface area contributed by atoms with E-state index in [1.54, 1.807) is 45.0 Å². The summed E-state index contributed by atoms with van der Waals surface area (Å²) in [4.78, 5) is 12.1. The quantitative estimate of drug-likeness (QED) is 0.413. The Labute approximate surface area is 165 Å². The zero-order chi connectivity index (χ0) is 20.0. The number of rotatable bonds is 9. The lowest BCUT2D eigenvalue weighted by Crippen LogP contribution is -2.33. The number of ether oxygens (including phenoxy) is 1. The molecule has 26 heavy (non-hydrogen) atoms. The van der Waals surface area contributed by atoms with Crippen LogP contribution in [0, 0.1) is 0 Å². The van der Waals surface area contributed by atoms with Gasteiger partial charge in [-0.1, -0.05) is 35.0 Å². The van der Waals surface area contributed by atoms with Gasteiger partial charge in [0.1, 0.15) is 5.60 Å². The summed E-state index contributed by atoms with van der Waals surface area (Å²) >= 11 is 3.31. The molecule has 0 unspecified atom stereocenters. The van der Waals surface area contributed by atoms with Crippen molar-refractivity contribution in [3.05, 3.63) is 40.9 Å². The molecule has 0 amide bonds. The summed E-state index contributed by atoms with van der Waals surface area (Å²) in [5.74, 6) is -0.347. The van der Waals surface area contributed by atoms with Gasteiger partial charge in [0, 0.05) is 17.6 Å². The number of nitrogens with zero attached hydrogens (tertiary/aromatic N) is 1. The van der Waals surface area contributed by atoms with E-state index >= 15 is 0 Å². The molecule has 0 fully saturated rings. The molecule has 0 aliphatic heterocycles. The fourth-order valence-corrected chi connectivity index (χ4v) is 4.11. The molecule has 0 heterocycles. The first-order valence-corrected chi connectivity index (χ1v) is 10.8. The van der Waals surface area contributed by atoms with Crippen molar-refractivity contribution >= 4 is 31.9 Å². The second-order valence-electron chi connectivity index (χ2n) is 7.12. The summed E-state index contributed by atoms with van der Waals surface area (Å²) in [6, 6.07) is 6.58. The van der Waals surface area contributed by atoms with E-state index in [0.29, 0.717) is 25.0 Å². The van der Waals surface area contributed by atoms with Gasteiger partial charge in [0.25, 0.3) is 0 Å². The van der Waals surface area contributed by atoms with E-state index in [2.05, 4.69) is 22.5 Å². The minimum absolute atomic E-state index is 0.0928. The van der Waals surface area contributed by atoms with E-state index in [-0.39, 0.29) is 23.8 Å². The van der Waals surface area contributed by atoms with Crippen molar-refractivity contribution in [2.24, 2.45) is 0 Å². The fraction of sp³-hybridized carbons (Fsp3) is 0.526. The molecule has 0 spiro atoms. The van der Waals surface area contributed by atoms with Crippen molar-refractivity contribution < 1.29 is 17.9 Å². The molecule has 0 aromatic heterocycles. The van der Waals surface area contributed by atoms with Gasteiger partial charge >= 0.3 is 5.97 Å². The summed E-state index contributed by atoms with van der Waals surface area (Å²) in [6.07, 6.45) is 1.21. The molecule has 7 heteroatoms. The molecular weight excluding hydrogens is 418 g/mol. The first kappa shape index (κ1) is 22.9. The third-order valence-electron chi connectivity index (χ3n) is 3.45. The average molecular weight is 446 g/mol. The molecule has 1 aromatic rings. The van der Waals surface area contributed by atoms with E-state index in [9.17, 15) is 13.2 Å². The second-order valence-corrected chi connectivity index (χ2v) is 9.97. The predicted octanol–water partition coefficient (Wildman–Crippen LogP) is 4.53. The summed E-state index contributed by atoms with van der Waals surface area (Å²) in [6.45, 7) is 11.9. The van der Waals surface area contributed by atoms with Crippen molar-refractivity contribution in [2.45, 2.75) is 57.5 Å². The SMILES string of the molecule is C=C(CCN(CCC)S(=O)(=O)c1ccc(Br)cc1)CC(=O)OC(C)(C)C. The molecule has 1 aromatic carbocycles. The second kappa shape index (κ2) is 9.67. The van der Waals surface area contributed by atoms with E-state index in [1.807, 2.05) is 6.92 Å². The Morgan fingerprint density at radius 2 is 1.77 bits per heavy atom. The Morgan fingerprint density at radius 3 is 2.27 bits per heavy atom. The molecule has 0 saturated carbocycles. The summed E-state index contributed by atoms with van der Waals surface area (Å²) in [5, 5.41) is 0. The van der Waals surface area contributed by atoms with Gasteiger partial charge in [0.05, 0.1) is 11.3 Å². The van der Waals surface area contributed by atoms with Crippen LogP contribution < -0.4 is 0 Å². The highest BCUT2D eigenvalue weighted by atomic mass is 79.9. The van der Waals surface area contributed by atoms with Gasteiger partial charge in [-0.3, -0.25) is 4.79 Å². The Kier molecular flexibility index (Phi) is 8.50. The number of sulfonamides is 1. The molecule has 0 N–H and O–H groups in total. The number of hydrogen-bond donors (Lipinski definition) is 0. The van der Waals surface area contributed by atoms with Crippen LogP contribution in [0.15, 0.2) is 45.8 Å². The lowest BCUT2D eigenvalue weighted by Gasteiger charge is -2.23. The lowest BCUT2D eigenvalue weighted by molar-refractivity contribution is -0.153. The van der Waals surface area contributed by atoms with Gasteiger partial charge in [-0.15, -0.1) is 0 Å². The van der Waals surface area contributed by atoms with Crippen molar-refractivity contribution in [1.82, 2.24) is 4.31 Å². The third kappa shape index (κ3) is 7.60. The maximum Gasteiger partial charge on any atom is 0.310 e. The first-order valence-electron chi connectivity index (χ1n) is 8.60. The Morgan fingerprint density at radius 1 is 1.19 bits per heavy atom. The first-order chi connectivity index (χ1) is 12.0. The highest BCUT2D eigenvalue weighted by Gasteiger charge is 2.24. The zero-order valence-electron chi connectivity index (χ0n) is 15.9. The van der Waals surface area contributed by atoms with Crippen LogP contribution in [0.5, 0.6) is 0 Å². The number of esters is 1. The average Bonchev–Trinajstić information content (AvgIpc) is 2.49. The highest BCUT2D eigenvalue weighted by Crippen LogP contribution is 2.21. The van der Waals surface area contributed by atoms with Gasteiger partial charge < -0.3 is 4.74 Å². The molecule has 1 rings (SSSR count). The number of benzene rings is 1. The van der Waals surface area contributed by atoms with Crippen LogP contribution in [0.25, 0.3) is 0 Å². The van der Waals surface area contributed by atoms with Gasteiger partial charge in [-0.25, -0.2) is 8.42 Å². The van der Waals surface area contributed by atoms with Crippen LogP contribution in [0.2, 0.25) is 0 Å². The van der Waals surface area contributed by atoms with Crippen LogP contribution in [-0.4, -0.2) is 37.4 Å². The van der Waals surface area contributed by atoms with Crippen LogP contribution >= 0.6 is 15.9 Å². The topological polar surface area (TPSA) is 63.7 Å². The largest absolute Gasteiger partial charge is 0.460 e. The number of hydrogen-bond acceptors (Lipinski definition) is 4. The molecule has 0 bridgehead atoms. The fourth-order valence-electron chi connectivity index (χ4n) is 2.31. The van der Waals surface area contributed by atoms with E-state index in [4.69, 9.17) is 4.74 Å². The molecular formula is C19H28BrNO4S. The zero-order valence-corrected chi connectivity index (χ0v) is 18.3. The van der Waals surface area contributed by atoms with E-state index < -0.39 is 15.6 Å². The summed E-state index contributed by atoms with van der Waals surface area (Å²) < 4.78 is 33.2.